The highest BCUT2D eigenvalue weighted by atomic mass is 16.5. The molecule has 0 spiro atoms. The predicted octanol–water partition coefficient (Wildman–Crippen LogP) is 2.64. The lowest BCUT2D eigenvalue weighted by Crippen LogP contribution is -2.14. The van der Waals surface area contributed by atoms with Gasteiger partial charge in [-0.1, -0.05) is 23.4 Å². The van der Waals surface area contributed by atoms with Crippen molar-refractivity contribution in [3.63, 3.8) is 0 Å². The second kappa shape index (κ2) is 8.26. The SMILES string of the molecule is CCOCCCC(=O)Nc1ccccc1C(C)=NO. The van der Waals surface area contributed by atoms with Crippen molar-refractivity contribution >= 4 is 17.3 Å². The highest BCUT2D eigenvalue weighted by Gasteiger charge is 2.08. The lowest BCUT2D eigenvalue weighted by molar-refractivity contribution is -0.116. The summed E-state index contributed by atoms with van der Waals surface area (Å²) in [6, 6.07) is 7.23. The van der Waals surface area contributed by atoms with Gasteiger partial charge in [0.05, 0.1) is 5.71 Å². The van der Waals surface area contributed by atoms with E-state index < -0.39 is 0 Å². The molecule has 0 aliphatic carbocycles. The molecule has 1 aromatic rings. The topological polar surface area (TPSA) is 70.9 Å². The molecule has 0 heterocycles. The summed E-state index contributed by atoms with van der Waals surface area (Å²) in [5.41, 5.74) is 1.83. The van der Waals surface area contributed by atoms with Crippen LogP contribution in [0.3, 0.4) is 0 Å². The number of rotatable bonds is 7. The Kier molecular flexibility index (Phi) is 6.60. The third-order valence-electron chi connectivity index (χ3n) is 2.64. The number of carbonyl (C=O) groups excluding carboxylic acids is 1. The number of amides is 1. The van der Waals surface area contributed by atoms with E-state index in [0.29, 0.717) is 43.0 Å². The molecule has 5 nitrogen and oxygen atoms in total. The van der Waals surface area contributed by atoms with Crippen LogP contribution in [0.1, 0.15) is 32.3 Å². The highest BCUT2D eigenvalue weighted by molar-refractivity contribution is 6.06. The fraction of sp³-hybridized carbons (Fsp3) is 0.429. The molecule has 0 aromatic heterocycles. The summed E-state index contributed by atoms with van der Waals surface area (Å²) >= 11 is 0. The van der Waals surface area contributed by atoms with Crippen molar-refractivity contribution in [2.75, 3.05) is 18.5 Å². The van der Waals surface area contributed by atoms with Crippen LogP contribution in [0.15, 0.2) is 29.4 Å². The number of oxime groups is 1. The number of carbonyl (C=O) groups is 1. The average Bonchev–Trinajstić information content (AvgIpc) is 2.43. The van der Waals surface area contributed by atoms with Gasteiger partial charge in [-0.15, -0.1) is 0 Å². The molecule has 0 radical (unpaired) electrons. The molecule has 0 saturated carbocycles. The monoisotopic (exact) mass is 264 g/mol. The quantitative estimate of drug-likeness (QED) is 0.344. The van der Waals surface area contributed by atoms with E-state index in [0.717, 1.165) is 0 Å². The number of benzene rings is 1. The van der Waals surface area contributed by atoms with E-state index in [1.54, 1.807) is 19.1 Å². The zero-order valence-electron chi connectivity index (χ0n) is 11.3. The molecule has 0 saturated heterocycles. The number of nitrogens with one attached hydrogen (secondary N) is 1. The molecule has 5 heteroatoms. The zero-order chi connectivity index (χ0) is 14.1. The smallest absolute Gasteiger partial charge is 0.224 e. The molecule has 104 valence electrons. The molecule has 0 unspecified atom stereocenters. The van der Waals surface area contributed by atoms with Crippen LogP contribution in [0.5, 0.6) is 0 Å². The first kappa shape index (κ1) is 15.2. The molecule has 0 atom stereocenters. The molecular weight excluding hydrogens is 244 g/mol. The largest absolute Gasteiger partial charge is 0.411 e. The van der Waals surface area contributed by atoms with Gasteiger partial charge in [0.25, 0.3) is 0 Å². The summed E-state index contributed by atoms with van der Waals surface area (Å²) in [6.07, 6.45) is 1.10. The Morgan fingerprint density at radius 2 is 2.16 bits per heavy atom. The minimum absolute atomic E-state index is 0.0714. The Balaban J connectivity index is 2.59. The van der Waals surface area contributed by atoms with Crippen LogP contribution in [-0.2, 0) is 9.53 Å². The van der Waals surface area contributed by atoms with Crippen LogP contribution in [-0.4, -0.2) is 30.0 Å². The lowest BCUT2D eigenvalue weighted by atomic mass is 10.1. The van der Waals surface area contributed by atoms with Crippen LogP contribution in [0.4, 0.5) is 5.69 Å². The molecule has 19 heavy (non-hydrogen) atoms. The van der Waals surface area contributed by atoms with Crippen LogP contribution < -0.4 is 5.32 Å². The molecule has 2 N–H and O–H groups in total. The number of ether oxygens (including phenoxy) is 1. The molecule has 0 fully saturated rings. The van der Waals surface area contributed by atoms with Gasteiger partial charge in [-0.05, 0) is 26.3 Å². The van der Waals surface area contributed by atoms with E-state index in [1.165, 1.54) is 0 Å². The average molecular weight is 264 g/mol. The van der Waals surface area contributed by atoms with E-state index >= 15 is 0 Å². The zero-order valence-corrected chi connectivity index (χ0v) is 11.3. The van der Waals surface area contributed by atoms with Gasteiger partial charge in [-0.25, -0.2) is 0 Å². The van der Waals surface area contributed by atoms with Gasteiger partial charge in [0.15, 0.2) is 0 Å². The number of hydrogen-bond donors (Lipinski definition) is 2. The predicted molar refractivity (Wildman–Crippen MR) is 74.8 cm³/mol. The van der Waals surface area contributed by atoms with Crippen LogP contribution in [0.2, 0.25) is 0 Å². The van der Waals surface area contributed by atoms with Crippen molar-refractivity contribution in [2.24, 2.45) is 5.16 Å². The van der Waals surface area contributed by atoms with Crippen molar-refractivity contribution in [1.82, 2.24) is 0 Å². The van der Waals surface area contributed by atoms with Crippen molar-refractivity contribution in [1.29, 1.82) is 0 Å². The maximum atomic E-state index is 11.8. The third kappa shape index (κ3) is 5.09. The Labute approximate surface area is 113 Å². The van der Waals surface area contributed by atoms with Crippen LogP contribution in [0, 0.1) is 0 Å². The Bertz CT molecular complexity index is 444. The van der Waals surface area contributed by atoms with E-state index in [9.17, 15) is 4.79 Å². The summed E-state index contributed by atoms with van der Waals surface area (Å²) in [5.74, 6) is -0.0714. The number of nitrogens with zero attached hydrogens (tertiary/aromatic N) is 1. The molecule has 0 aliphatic rings. The number of hydrogen-bond acceptors (Lipinski definition) is 4. The van der Waals surface area contributed by atoms with E-state index in [1.807, 2.05) is 19.1 Å². The number of anilines is 1. The first-order valence-corrected chi connectivity index (χ1v) is 6.34. The van der Waals surface area contributed by atoms with Gasteiger partial charge in [-0.3, -0.25) is 4.79 Å². The minimum Gasteiger partial charge on any atom is -0.411 e. The van der Waals surface area contributed by atoms with Crippen molar-refractivity contribution in [3.8, 4) is 0 Å². The van der Waals surface area contributed by atoms with Crippen LogP contribution >= 0.6 is 0 Å². The lowest BCUT2D eigenvalue weighted by Gasteiger charge is -2.10. The second-order valence-corrected chi connectivity index (χ2v) is 4.08. The third-order valence-corrected chi connectivity index (χ3v) is 2.64. The fourth-order valence-electron chi connectivity index (χ4n) is 1.65. The number of para-hydroxylation sites is 1. The minimum atomic E-state index is -0.0714. The van der Waals surface area contributed by atoms with E-state index in [-0.39, 0.29) is 5.91 Å². The van der Waals surface area contributed by atoms with Gasteiger partial charge < -0.3 is 15.3 Å². The van der Waals surface area contributed by atoms with Crippen molar-refractivity contribution in [2.45, 2.75) is 26.7 Å². The van der Waals surface area contributed by atoms with Gasteiger partial charge in [0, 0.05) is 30.9 Å². The van der Waals surface area contributed by atoms with Gasteiger partial charge in [0.2, 0.25) is 5.91 Å². The highest BCUT2D eigenvalue weighted by Crippen LogP contribution is 2.16. The maximum absolute atomic E-state index is 11.8. The summed E-state index contributed by atoms with van der Waals surface area (Å²) in [7, 11) is 0. The van der Waals surface area contributed by atoms with Crippen molar-refractivity contribution in [3.05, 3.63) is 29.8 Å². The molecule has 1 aromatic carbocycles. The summed E-state index contributed by atoms with van der Waals surface area (Å²) < 4.78 is 5.18. The molecule has 0 bridgehead atoms. The molecule has 1 rings (SSSR count). The summed E-state index contributed by atoms with van der Waals surface area (Å²) in [6.45, 7) is 4.85. The molecule has 0 aliphatic heterocycles. The summed E-state index contributed by atoms with van der Waals surface area (Å²) in [4.78, 5) is 11.8. The van der Waals surface area contributed by atoms with Gasteiger partial charge in [-0.2, -0.15) is 0 Å². The maximum Gasteiger partial charge on any atom is 0.224 e. The van der Waals surface area contributed by atoms with Gasteiger partial charge >= 0.3 is 0 Å². The molecule has 1 amide bonds. The van der Waals surface area contributed by atoms with E-state index in [2.05, 4.69) is 10.5 Å². The first-order valence-electron chi connectivity index (χ1n) is 6.34. The van der Waals surface area contributed by atoms with Crippen molar-refractivity contribution < 1.29 is 14.7 Å². The Morgan fingerprint density at radius 1 is 1.42 bits per heavy atom. The normalized spacial score (nSPS) is 11.4. The van der Waals surface area contributed by atoms with Gasteiger partial charge in [0.1, 0.15) is 0 Å². The second-order valence-electron chi connectivity index (χ2n) is 4.08. The Hall–Kier alpha value is -1.88. The summed E-state index contributed by atoms with van der Waals surface area (Å²) in [5, 5.41) is 14.8. The fourth-order valence-corrected chi connectivity index (χ4v) is 1.65. The van der Waals surface area contributed by atoms with E-state index in [4.69, 9.17) is 9.94 Å². The van der Waals surface area contributed by atoms with Crippen LogP contribution in [0.25, 0.3) is 0 Å². The standard InChI is InChI=1S/C14H20N2O3/c1-3-19-10-6-9-14(17)15-13-8-5-4-7-12(13)11(2)16-18/h4-5,7-8,18H,3,6,9-10H2,1-2H3,(H,15,17). The Morgan fingerprint density at radius 3 is 2.84 bits per heavy atom. The molecular formula is C14H20N2O3. The first-order chi connectivity index (χ1) is 9.19.